The Balaban J connectivity index is 0.000000259. The van der Waals surface area contributed by atoms with Crippen molar-refractivity contribution >= 4 is 57.1 Å². The molecule has 6 heterocycles. The SMILES string of the molecule is CC(C)O.CC(C)Oc1nc(Cl)nc2c1ncn2C1CCCCO1.Clc1nc(Cl)c2ncn(C3CCCCO3)c2n1.[H-].[Na+]. The summed E-state index contributed by atoms with van der Waals surface area (Å²) in [4.78, 5) is 25.0. The number of hydrogen-bond donors (Lipinski definition) is 1. The summed E-state index contributed by atoms with van der Waals surface area (Å²) in [5.74, 6) is 0.421. The molecule has 2 saturated heterocycles. The maximum Gasteiger partial charge on any atom is 1.00 e. The molecule has 1 N–H and O–H groups in total. The van der Waals surface area contributed by atoms with Gasteiger partial charge in [-0.25, -0.2) is 15.0 Å². The van der Waals surface area contributed by atoms with E-state index in [0.717, 1.165) is 51.7 Å². The van der Waals surface area contributed by atoms with Gasteiger partial charge in [-0.05, 0) is 89.4 Å². The quantitative estimate of drug-likeness (QED) is 0.199. The van der Waals surface area contributed by atoms with Crippen LogP contribution in [-0.4, -0.2) is 69.6 Å². The first kappa shape index (κ1) is 35.1. The van der Waals surface area contributed by atoms with E-state index in [1.54, 1.807) is 26.5 Å². The summed E-state index contributed by atoms with van der Waals surface area (Å²) in [6.45, 7) is 8.83. The minimum Gasteiger partial charge on any atom is -1.00 e. The number of nitrogens with zero attached hydrogens (tertiary/aromatic N) is 8. The number of aromatic nitrogens is 8. The van der Waals surface area contributed by atoms with Crippen LogP contribution in [0.5, 0.6) is 5.88 Å². The third kappa shape index (κ3) is 9.33. The Morgan fingerprint density at radius 1 is 0.810 bits per heavy atom. The normalized spacial score (nSPS) is 18.7. The van der Waals surface area contributed by atoms with E-state index in [0.29, 0.717) is 28.2 Å². The molecule has 4 aromatic rings. The summed E-state index contributed by atoms with van der Waals surface area (Å²) in [6, 6.07) is 0. The first-order valence-corrected chi connectivity index (χ1v) is 14.8. The molecule has 0 radical (unpaired) electrons. The van der Waals surface area contributed by atoms with E-state index < -0.39 is 0 Å². The van der Waals surface area contributed by atoms with Gasteiger partial charge in [0.1, 0.15) is 18.0 Å². The van der Waals surface area contributed by atoms with Gasteiger partial charge in [0.25, 0.3) is 0 Å². The van der Waals surface area contributed by atoms with Gasteiger partial charge in [-0.3, -0.25) is 9.13 Å². The number of hydrogen-bond acceptors (Lipinski definition) is 10. The van der Waals surface area contributed by atoms with E-state index in [-0.39, 0.29) is 71.4 Å². The largest absolute Gasteiger partial charge is 1.00 e. The average Bonchev–Trinajstić information content (AvgIpc) is 3.54. The fourth-order valence-corrected chi connectivity index (χ4v) is 4.91. The Hall–Kier alpha value is -1.35. The maximum absolute atomic E-state index is 8.06. The standard InChI is InChI=1S/C13H17ClN4O2.C10H10Cl2N4O.C3H8O.Na.H/c1-8(2)20-12-10-11(16-13(14)17-12)18(7-15-10)9-5-3-4-6-19-9;11-8-7-9(15-10(12)14-8)16(5-13-7)6-3-1-2-4-17-6;1-3(2)4;;/h7-9H,3-6H2,1-2H3;5-6H,1-4H2;3-4H,1-2H3;;/q;;;+1;-1. The van der Waals surface area contributed by atoms with E-state index in [1.165, 1.54) is 0 Å². The molecule has 2 fully saturated rings. The van der Waals surface area contributed by atoms with Crippen LogP contribution in [0.2, 0.25) is 15.7 Å². The summed E-state index contributed by atoms with van der Waals surface area (Å²) in [5, 5.41) is 8.61. The van der Waals surface area contributed by atoms with Crippen molar-refractivity contribution < 1.29 is 50.3 Å². The Morgan fingerprint density at radius 2 is 1.29 bits per heavy atom. The molecule has 0 spiro atoms. The Labute approximate surface area is 283 Å². The fraction of sp³-hybridized carbons (Fsp3) is 0.615. The second-order valence-electron chi connectivity index (χ2n) is 10.1. The van der Waals surface area contributed by atoms with Crippen molar-refractivity contribution in [1.29, 1.82) is 0 Å². The van der Waals surface area contributed by atoms with Gasteiger partial charge in [0.05, 0.1) is 18.8 Å². The molecule has 2 aliphatic heterocycles. The molecule has 2 unspecified atom stereocenters. The fourth-order valence-electron chi connectivity index (χ4n) is 4.34. The van der Waals surface area contributed by atoms with E-state index in [1.807, 2.05) is 23.0 Å². The Morgan fingerprint density at radius 3 is 1.76 bits per heavy atom. The Kier molecular flexibility index (Phi) is 13.9. The van der Waals surface area contributed by atoms with Crippen molar-refractivity contribution in [3.05, 3.63) is 28.4 Å². The molecule has 42 heavy (non-hydrogen) atoms. The van der Waals surface area contributed by atoms with Gasteiger partial charge in [0.15, 0.2) is 22.0 Å². The molecule has 6 rings (SSSR count). The number of aliphatic hydroxyl groups is 1. The van der Waals surface area contributed by atoms with E-state index in [2.05, 4.69) is 29.9 Å². The first-order valence-electron chi connectivity index (χ1n) is 13.7. The average molecular weight is 654 g/mol. The number of aliphatic hydroxyl groups excluding tert-OH is 1. The molecule has 16 heteroatoms. The second-order valence-corrected chi connectivity index (χ2v) is 11.2. The number of fused-ring (bicyclic) bond motifs is 2. The monoisotopic (exact) mass is 652 g/mol. The van der Waals surface area contributed by atoms with Crippen molar-refractivity contribution in [2.75, 3.05) is 13.2 Å². The van der Waals surface area contributed by atoms with Crippen molar-refractivity contribution in [3.63, 3.8) is 0 Å². The predicted octanol–water partition coefficient (Wildman–Crippen LogP) is 3.30. The predicted molar refractivity (Wildman–Crippen MR) is 158 cm³/mol. The summed E-state index contributed by atoms with van der Waals surface area (Å²) in [6.07, 6.45) is 9.53. The summed E-state index contributed by atoms with van der Waals surface area (Å²) >= 11 is 17.8. The van der Waals surface area contributed by atoms with Crippen LogP contribution < -0.4 is 34.3 Å². The summed E-state index contributed by atoms with van der Waals surface area (Å²) in [7, 11) is 0. The molecule has 0 aromatic carbocycles. The third-order valence-corrected chi connectivity index (χ3v) is 6.59. The van der Waals surface area contributed by atoms with Gasteiger partial charge in [0, 0.05) is 19.3 Å². The maximum atomic E-state index is 8.06. The van der Waals surface area contributed by atoms with Crippen molar-refractivity contribution in [3.8, 4) is 5.88 Å². The van der Waals surface area contributed by atoms with E-state index in [4.69, 9.17) is 54.1 Å². The summed E-state index contributed by atoms with van der Waals surface area (Å²) < 4.78 is 20.9. The third-order valence-electron chi connectivity index (χ3n) is 5.99. The number of ether oxygens (including phenoxy) is 3. The van der Waals surface area contributed by atoms with Crippen LogP contribution in [0.3, 0.4) is 0 Å². The topological polar surface area (TPSA) is 135 Å². The molecule has 2 aliphatic rings. The van der Waals surface area contributed by atoms with Crippen LogP contribution in [0.1, 0.15) is 80.1 Å². The molecule has 4 aromatic heterocycles. The number of imidazole rings is 2. The zero-order chi connectivity index (χ0) is 29.5. The zero-order valence-corrected chi connectivity index (χ0v) is 28.8. The van der Waals surface area contributed by atoms with Gasteiger partial charge in [-0.15, -0.1) is 0 Å². The number of halogens is 3. The van der Waals surface area contributed by atoms with E-state index in [9.17, 15) is 0 Å². The van der Waals surface area contributed by atoms with Crippen LogP contribution in [0, 0.1) is 0 Å². The van der Waals surface area contributed by atoms with Gasteiger partial charge in [-0.1, -0.05) is 11.6 Å². The molecule has 0 bridgehead atoms. The van der Waals surface area contributed by atoms with Gasteiger partial charge in [-0.2, -0.15) is 15.0 Å². The minimum absolute atomic E-state index is 0. The molecule has 226 valence electrons. The Bertz CT molecular complexity index is 1430. The molecular weight excluding hydrogens is 618 g/mol. The van der Waals surface area contributed by atoms with Crippen LogP contribution >= 0.6 is 34.8 Å². The summed E-state index contributed by atoms with van der Waals surface area (Å²) in [5.41, 5.74) is 2.47. The molecule has 0 amide bonds. The number of rotatable bonds is 4. The second kappa shape index (κ2) is 16.6. The first-order chi connectivity index (χ1) is 19.6. The van der Waals surface area contributed by atoms with Crippen molar-refractivity contribution in [2.45, 2.75) is 90.9 Å². The van der Waals surface area contributed by atoms with Crippen LogP contribution in [0.25, 0.3) is 22.3 Å². The van der Waals surface area contributed by atoms with Gasteiger partial charge in [0.2, 0.25) is 16.4 Å². The molecule has 2 atom stereocenters. The molecule has 0 aliphatic carbocycles. The molecule has 0 saturated carbocycles. The zero-order valence-electron chi connectivity index (χ0n) is 25.5. The van der Waals surface area contributed by atoms with Crippen LogP contribution in [0.4, 0.5) is 0 Å². The van der Waals surface area contributed by atoms with Crippen molar-refractivity contribution in [1.82, 2.24) is 39.0 Å². The minimum atomic E-state index is -0.167. The molecular formula is C26H36Cl3N8NaO4. The molecule has 12 nitrogen and oxygen atoms in total. The van der Waals surface area contributed by atoms with Gasteiger partial charge >= 0.3 is 29.6 Å². The van der Waals surface area contributed by atoms with Crippen LogP contribution in [-0.2, 0) is 9.47 Å². The van der Waals surface area contributed by atoms with Crippen molar-refractivity contribution in [2.24, 2.45) is 0 Å². The smallest absolute Gasteiger partial charge is 1.00 e. The van der Waals surface area contributed by atoms with Gasteiger partial charge < -0.3 is 20.7 Å². The van der Waals surface area contributed by atoms with Crippen LogP contribution in [0.15, 0.2) is 12.7 Å². The van der Waals surface area contributed by atoms with E-state index >= 15 is 0 Å².